The van der Waals surface area contributed by atoms with E-state index in [-0.39, 0.29) is 24.4 Å². The Hall–Kier alpha value is -2.73. The maximum absolute atomic E-state index is 12.3. The van der Waals surface area contributed by atoms with Crippen molar-refractivity contribution in [2.24, 2.45) is 0 Å². The normalized spacial score (nSPS) is 13.9. The van der Waals surface area contributed by atoms with Crippen molar-refractivity contribution in [3.05, 3.63) is 52.5 Å². The highest BCUT2D eigenvalue weighted by Gasteiger charge is 2.21. The van der Waals surface area contributed by atoms with Gasteiger partial charge in [-0.25, -0.2) is 4.79 Å². The summed E-state index contributed by atoms with van der Waals surface area (Å²) < 4.78 is 11.0. The number of carbonyl (C=O) groups is 2. The van der Waals surface area contributed by atoms with Crippen LogP contribution in [-0.2, 0) is 9.53 Å². The Balaban J connectivity index is 1.61. The van der Waals surface area contributed by atoms with Gasteiger partial charge in [0.05, 0.1) is 11.3 Å². The van der Waals surface area contributed by atoms with Crippen molar-refractivity contribution in [1.29, 1.82) is 0 Å². The number of anilines is 2. The largest absolute Gasteiger partial charge is 0.482 e. The molecule has 0 saturated heterocycles. The van der Waals surface area contributed by atoms with Crippen LogP contribution in [0.3, 0.4) is 0 Å². The molecule has 2 aromatic carbocycles. The third kappa shape index (κ3) is 4.95. The van der Waals surface area contributed by atoms with E-state index in [0.717, 1.165) is 31.2 Å². The van der Waals surface area contributed by atoms with Gasteiger partial charge in [0, 0.05) is 10.7 Å². The van der Waals surface area contributed by atoms with Gasteiger partial charge in [-0.05, 0) is 68.5 Å². The van der Waals surface area contributed by atoms with Gasteiger partial charge in [0.1, 0.15) is 11.9 Å². The molecule has 1 amide bonds. The van der Waals surface area contributed by atoms with Crippen LogP contribution in [-0.4, -0.2) is 24.6 Å². The summed E-state index contributed by atoms with van der Waals surface area (Å²) in [6.07, 6.45) is 3.92. The lowest BCUT2D eigenvalue weighted by atomic mass is 10.2. The Labute approximate surface area is 169 Å². The maximum atomic E-state index is 12.3. The summed E-state index contributed by atoms with van der Waals surface area (Å²) in [4.78, 5) is 24.5. The molecule has 7 heteroatoms. The topological polar surface area (TPSA) is 90.6 Å². The van der Waals surface area contributed by atoms with E-state index in [0.29, 0.717) is 22.0 Å². The number of esters is 1. The molecule has 3 N–H and O–H groups in total. The van der Waals surface area contributed by atoms with Gasteiger partial charge in [0.15, 0.2) is 6.61 Å². The fraction of sp³-hybridized carbons (Fsp3) is 0.333. The molecule has 0 aliphatic heterocycles. The Kier molecular flexibility index (Phi) is 6.41. The fourth-order valence-electron chi connectivity index (χ4n) is 3.08. The lowest BCUT2D eigenvalue weighted by molar-refractivity contribution is -0.118. The molecule has 1 aliphatic rings. The number of hydrogen-bond donors (Lipinski definition) is 2. The Morgan fingerprint density at radius 3 is 2.71 bits per heavy atom. The lowest BCUT2D eigenvalue weighted by Crippen LogP contribution is -2.21. The quantitative estimate of drug-likeness (QED) is 0.553. The number of benzene rings is 2. The van der Waals surface area contributed by atoms with Crippen LogP contribution in [0.5, 0.6) is 5.75 Å². The number of ether oxygens (including phenoxy) is 2. The van der Waals surface area contributed by atoms with Gasteiger partial charge in [-0.2, -0.15) is 0 Å². The van der Waals surface area contributed by atoms with Crippen molar-refractivity contribution < 1.29 is 19.1 Å². The summed E-state index contributed by atoms with van der Waals surface area (Å²) in [5.74, 6) is -0.502. The van der Waals surface area contributed by atoms with Gasteiger partial charge in [-0.15, -0.1) is 0 Å². The Morgan fingerprint density at radius 2 is 1.96 bits per heavy atom. The second-order valence-corrected chi connectivity index (χ2v) is 7.22. The van der Waals surface area contributed by atoms with Crippen molar-refractivity contribution in [2.75, 3.05) is 17.7 Å². The van der Waals surface area contributed by atoms with Crippen molar-refractivity contribution in [1.82, 2.24) is 0 Å². The second-order valence-electron chi connectivity index (χ2n) is 6.81. The number of nitrogen functional groups attached to an aromatic ring is 1. The molecule has 2 aromatic rings. The minimum absolute atomic E-state index is 0.0267. The highest BCUT2D eigenvalue weighted by molar-refractivity contribution is 6.31. The first-order valence-electron chi connectivity index (χ1n) is 9.22. The van der Waals surface area contributed by atoms with Crippen LogP contribution in [0, 0.1) is 6.92 Å². The molecule has 0 unspecified atom stereocenters. The summed E-state index contributed by atoms with van der Waals surface area (Å²) >= 11 is 6.06. The number of halogens is 1. The van der Waals surface area contributed by atoms with Crippen molar-refractivity contribution in [2.45, 2.75) is 38.7 Å². The van der Waals surface area contributed by atoms with E-state index in [4.69, 9.17) is 26.8 Å². The molecule has 1 fully saturated rings. The second kappa shape index (κ2) is 8.97. The van der Waals surface area contributed by atoms with E-state index in [9.17, 15) is 9.59 Å². The molecule has 0 bridgehead atoms. The van der Waals surface area contributed by atoms with Crippen molar-refractivity contribution in [3.8, 4) is 5.75 Å². The van der Waals surface area contributed by atoms with E-state index < -0.39 is 5.97 Å². The molecule has 6 nitrogen and oxygen atoms in total. The first kappa shape index (κ1) is 20.0. The minimum atomic E-state index is -0.407. The minimum Gasteiger partial charge on any atom is -0.482 e. The average Bonchev–Trinajstić information content (AvgIpc) is 3.17. The van der Waals surface area contributed by atoms with E-state index >= 15 is 0 Å². The first-order valence-corrected chi connectivity index (χ1v) is 9.60. The highest BCUT2D eigenvalue weighted by Crippen LogP contribution is 2.26. The van der Waals surface area contributed by atoms with Crippen LogP contribution in [0.1, 0.15) is 41.6 Å². The molecule has 3 rings (SSSR count). The molecule has 0 spiro atoms. The molecule has 0 atom stereocenters. The van der Waals surface area contributed by atoms with Gasteiger partial charge in [-0.3, -0.25) is 4.79 Å². The van der Waals surface area contributed by atoms with Gasteiger partial charge >= 0.3 is 5.97 Å². The maximum Gasteiger partial charge on any atom is 0.338 e. The van der Waals surface area contributed by atoms with E-state index in [1.807, 2.05) is 6.92 Å². The number of hydrogen-bond acceptors (Lipinski definition) is 5. The first-order chi connectivity index (χ1) is 13.4. The van der Waals surface area contributed by atoms with E-state index in [1.165, 1.54) is 6.07 Å². The highest BCUT2D eigenvalue weighted by atomic mass is 35.5. The van der Waals surface area contributed by atoms with Crippen LogP contribution in [0.25, 0.3) is 0 Å². The number of carbonyl (C=O) groups excluding carboxylic acids is 2. The number of nitrogens with two attached hydrogens (primary N) is 1. The average molecular weight is 403 g/mol. The standard InChI is InChI=1S/C21H23ClN2O4/c1-13-16(22)7-4-8-18(13)24-20(25)12-27-19-11-14(9-10-17(19)23)21(26)28-15-5-2-3-6-15/h4,7-11,15H,2-3,5-6,12,23H2,1H3,(H,24,25). The molecule has 1 aliphatic carbocycles. The predicted octanol–water partition coefficient (Wildman–Crippen LogP) is 4.35. The van der Waals surface area contributed by atoms with Crippen LogP contribution in [0.2, 0.25) is 5.02 Å². The lowest BCUT2D eigenvalue weighted by Gasteiger charge is -2.14. The summed E-state index contributed by atoms with van der Waals surface area (Å²) in [6, 6.07) is 9.93. The summed E-state index contributed by atoms with van der Waals surface area (Å²) in [6.45, 7) is 1.56. The molecular formula is C21H23ClN2O4. The van der Waals surface area contributed by atoms with Crippen LogP contribution >= 0.6 is 11.6 Å². The SMILES string of the molecule is Cc1c(Cl)cccc1NC(=O)COc1cc(C(=O)OC2CCCC2)ccc1N. The number of rotatable bonds is 6. The Morgan fingerprint density at radius 1 is 1.21 bits per heavy atom. The number of nitrogens with one attached hydrogen (secondary N) is 1. The van der Waals surface area contributed by atoms with Gasteiger partial charge in [-0.1, -0.05) is 17.7 Å². The van der Waals surface area contributed by atoms with Crippen LogP contribution in [0.15, 0.2) is 36.4 Å². The summed E-state index contributed by atoms with van der Waals surface area (Å²) in [5, 5.41) is 3.31. The molecule has 28 heavy (non-hydrogen) atoms. The molecular weight excluding hydrogens is 380 g/mol. The molecule has 0 aromatic heterocycles. The molecule has 0 radical (unpaired) electrons. The van der Waals surface area contributed by atoms with Crippen molar-refractivity contribution >= 4 is 34.9 Å². The van der Waals surface area contributed by atoms with Gasteiger partial charge in [0.25, 0.3) is 5.91 Å². The smallest absolute Gasteiger partial charge is 0.338 e. The van der Waals surface area contributed by atoms with Crippen molar-refractivity contribution in [3.63, 3.8) is 0 Å². The van der Waals surface area contributed by atoms with Gasteiger partial charge < -0.3 is 20.5 Å². The number of amides is 1. The van der Waals surface area contributed by atoms with Crippen LogP contribution in [0.4, 0.5) is 11.4 Å². The monoisotopic (exact) mass is 402 g/mol. The van der Waals surface area contributed by atoms with E-state index in [1.54, 1.807) is 30.3 Å². The zero-order valence-corrected chi connectivity index (χ0v) is 16.4. The summed E-state index contributed by atoms with van der Waals surface area (Å²) in [7, 11) is 0. The van der Waals surface area contributed by atoms with Gasteiger partial charge in [0.2, 0.25) is 0 Å². The third-order valence-corrected chi connectivity index (χ3v) is 5.14. The fourth-order valence-corrected chi connectivity index (χ4v) is 3.26. The zero-order valence-electron chi connectivity index (χ0n) is 15.7. The molecule has 0 heterocycles. The molecule has 148 valence electrons. The summed E-state index contributed by atoms with van der Waals surface area (Å²) in [5.41, 5.74) is 7.98. The third-order valence-electron chi connectivity index (χ3n) is 4.73. The predicted molar refractivity (Wildman–Crippen MR) is 109 cm³/mol. The van der Waals surface area contributed by atoms with E-state index in [2.05, 4.69) is 5.32 Å². The molecule has 1 saturated carbocycles. The Bertz CT molecular complexity index is 879. The zero-order chi connectivity index (χ0) is 20.1. The van der Waals surface area contributed by atoms with Crippen LogP contribution < -0.4 is 15.8 Å².